The Hall–Kier alpha value is -1.11. The fourth-order valence-electron chi connectivity index (χ4n) is 1.47. The van der Waals surface area contributed by atoms with E-state index in [0.717, 1.165) is 9.54 Å². The second-order valence-corrected chi connectivity index (χ2v) is 4.60. The number of carbonyl (C=O) groups is 1. The Morgan fingerprint density at radius 1 is 1.50 bits per heavy atom. The Kier molecular flexibility index (Phi) is 5.58. The van der Waals surface area contributed by atoms with Crippen molar-refractivity contribution in [1.29, 1.82) is 0 Å². The molecule has 1 amide bonds. The molecule has 100 valence electrons. The minimum atomic E-state index is -0.932. The van der Waals surface area contributed by atoms with E-state index in [9.17, 15) is 9.90 Å². The molecule has 1 aromatic carbocycles. The van der Waals surface area contributed by atoms with Crippen LogP contribution in [0, 0.1) is 0 Å². The van der Waals surface area contributed by atoms with Crippen molar-refractivity contribution >= 4 is 21.8 Å². The summed E-state index contributed by atoms with van der Waals surface area (Å²) in [5.74, 6) is 0.222. The Morgan fingerprint density at radius 2 is 2.17 bits per heavy atom. The standard InChI is InChI=1S/C12H16BrNO4/c1-14(18-3)12(16)7-10(15)9-5-4-8(13)6-11(9)17-2/h4-6,10,15H,7H2,1-3H3. The van der Waals surface area contributed by atoms with E-state index in [4.69, 9.17) is 9.57 Å². The maximum Gasteiger partial charge on any atom is 0.248 e. The summed E-state index contributed by atoms with van der Waals surface area (Å²) in [4.78, 5) is 16.4. The van der Waals surface area contributed by atoms with Gasteiger partial charge in [-0.1, -0.05) is 22.0 Å². The third-order valence-corrected chi connectivity index (χ3v) is 3.04. The van der Waals surface area contributed by atoms with Gasteiger partial charge in [0.25, 0.3) is 0 Å². The number of methoxy groups -OCH3 is 1. The first-order valence-electron chi connectivity index (χ1n) is 5.31. The highest BCUT2D eigenvalue weighted by Gasteiger charge is 2.19. The maximum absolute atomic E-state index is 11.6. The van der Waals surface area contributed by atoms with Crippen molar-refractivity contribution in [2.24, 2.45) is 0 Å². The van der Waals surface area contributed by atoms with Crippen LogP contribution < -0.4 is 4.74 Å². The number of rotatable bonds is 5. The molecule has 0 bridgehead atoms. The molecular weight excluding hydrogens is 302 g/mol. The number of hydroxylamine groups is 2. The summed E-state index contributed by atoms with van der Waals surface area (Å²) < 4.78 is 6.01. The zero-order valence-electron chi connectivity index (χ0n) is 10.5. The van der Waals surface area contributed by atoms with Gasteiger partial charge in [-0.05, 0) is 12.1 Å². The van der Waals surface area contributed by atoms with Gasteiger partial charge < -0.3 is 9.84 Å². The van der Waals surface area contributed by atoms with Crippen molar-refractivity contribution in [3.05, 3.63) is 28.2 Å². The molecule has 0 fully saturated rings. The molecule has 5 nitrogen and oxygen atoms in total. The highest BCUT2D eigenvalue weighted by Crippen LogP contribution is 2.30. The molecule has 0 radical (unpaired) electrons. The highest BCUT2D eigenvalue weighted by molar-refractivity contribution is 9.10. The Bertz CT molecular complexity index is 425. The van der Waals surface area contributed by atoms with Crippen molar-refractivity contribution in [2.75, 3.05) is 21.3 Å². The third kappa shape index (κ3) is 3.69. The van der Waals surface area contributed by atoms with Crippen LogP contribution in [0.3, 0.4) is 0 Å². The van der Waals surface area contributed by atoms with E-state index in [0.29, 0.717) is 11.3 Å². The van der Waals surface area contributed by atoms with Gasteiger partial charge >= 0.3 is 0 Å². The molecule has 0 saturated heterocycles. The number of aliphatic hydroxyl groups excluding tert-OH is 1. The molecule has 6 heteroatoms. The quantitative estimate of drug-likeness (QED) is 0.843. The summed E-state index contributed by atoms with van der Waals surface area (Å²) in [6.45, 7) is 0. The molecule has 0 aliphatic carbocycles. The molecule has 0 aromatic heterocycles. The molecule has 0 saturated carbocycles. The summed E-state index contributed by atoms with van der Waals surface area (Å²) in [6, 6.07) is 5.24. The second kappa shape index (κ2) is 6.72. The molecule has 1 rings (SSSR count). The third-order valence-electron chi connectivity index (χ3n) is 2.55. The second-order valence-electron chi connectivity index (χ2n) is 3.68. The number of aliphatic hydroxyl groups is 1. The van der Waals surface area contributed by atoms with Gasteiger partial charge in [0.05, 0.1) is 26.7 Å². The Morgan fingerprint density at radius 3 is 2.72 bits per heavy atom. The van der Waals surface area contributed by atoms with Gasteiger partial charge in [0.2, 0.25) is 5.91 Å². The SMILES string of the molecule is COc1cc(Br)ccc1C(O)CC(=O)N(C)OC. The van der Waals surface area contributed by atoms with E-state index >= 15 is 0 Å². The van der Waals surface area contributed by atoms with Crippen LogP contribution in [-0.4, -0.2) is 37.3 Å². The molecular formula is C12H16BrNO4. The van der Waals surface area contributed by atoms with Crippen LogP contribution in [0.25, 0.3) is 0 Å². The predicted octanol–water partition coefficient (Wildman–Crippen LogP) is 1.90. The molecule has 1 N–H and O–H groups in total. The van der Waals surface area contributed by atoms with Crippen molar-refractivity contribution in [3.63, 3.8) is 0 Å². The van der Waals surface area contributed by atoms with E-state index in [2.05, 4.69) is 15.9 Å². The lowest BCUT2D eigenvalue weighted by molar-refractivity contribution is -0.170. The number of hydrogen-bond donors (Lipinski definition) is 1. The summed E-state index contributed by atoms with van der Waals surface area (Å²) in [7, 11) is 4.40. The van der Waals surface area contributed by atoms with E-state index in [1.807, 2.05) is 0 Å². The first kappa shape index (κ1) is 14.9. The summed E-state index contributed by atoms with van der Waals surface area (Å²) in [6.07, 6.45) is -0.999. The lowest BCUT2D eigenvalue weighted by Crippen LogP contribution is -2.26. The van der Waals surface area contributed by atoms with E-state index in [1.165, 1.54) is 21.3 Å². The van der Waals surface area contributed by atoms with Crippen LogP contribution in [0.2, 0.25) is 0 Å². The van der Waals surface area contributed by atoms with Crippen LogP contribution in [0.1, 0.15) is 18.1 Å². The zero-order valence-corrected chi connectivity index (χ0v) is 12.1. The van der Waals surface area contributed by atoms with E-state index in [1.54, 1.807) is 18.2 Å². The molecule has 1 aromatic rings. The molecule has 18 heavy (non-hydrogen) atoms. The lowest BCUT2D eigenvalue weighted by Gasteiger charge is -2.18. The van der Waals surface area contributed by atoms with Crippen LogP contribution in [-0.2, 0) is 9.63 Å². The number of benzene rings is 1. The molecule has 0 aliphatic heterocycles. The average molecular weight is 318 g/mol. The van der Waals surface area contributed by atoms with Crippen molar-refractivity contribution in [3.8, 4) is 5.75 Å². The van der Waals surface area contributed by atoms with Crippen LogP contribution in [0.15, 0.2) is 22.7 Å². The monoisotopic (exact) mass is 317 g/mol. The first-order chi connectivity index (χ1) is 8.49. The fourth-order valence-corrected chi connectivity index (χ4v) is 1.81. The summed E-state index contributed by atoms with van der Waals surface area (Å²) in [5, 5.41) is 11.1. The molecule has 0 aliphatic rings. The van der Waals surface area contributed by atoms with Gasteiger partial charge in [0, 0.05) is 17.1 Å². The number of hydrogen-bond acceptors (Lipinski definition) is 4. The number of amides is 1. The Balaban J connectivity index is 2.84. The van der Waals surface area contributed by atoms with Gasteiger partial charge in [-0.2, -0.15) is 0 Å². The van der Waals surface area contributed by atoms with Crippen molar-refractivity contribution in [2.45, 2.75) is 12.5 Å². The summed E-state index contributed by atoms with van der Waals surface area (Å²) >= 11 is 3.31. The minimum Gasteiger partial charge on any atom is -0.496 e. The van der Waals surface area contributed by atoms with Gasteiger partial charge in [0.1, 0.15) is 5.75 Å². The first-order valence-corrected chi connectivity index (χ1v) is 6.11. The van der Waals surface area contributed by atoms with Crippen molar-refractivity contribution < 1.29 is 19.5 Å². The lowest BCUT2D eigenvalue weighted by atomic mass is 10.1. The smallest absolute Gasteiger partial charge is 0.248 e. The van der Waals surface area contributed by atoms with E-state index < -0.39 is 6.10 Å². The molecule has 0 heterocycles. The van der Waals surface area contributed by atoms with Gasteiger partial charge in [0.15, 0.2) is 0 Å². The minimum absolute atomic E-state index is 0.0671. The number of carbonyl (C=O) groups excluding carboxylic acids is 1. The van der Waals surface area contributed by atoms with Gasteiger partial charge in [-0.15, -0.1) is 0 Å². The van der Waals surface area contributed by atoms with Crippen LogP contribution >= 0.6 is 15.9 Å². The normalized spacial score (nSPS) is 12.1. The number of halogens is 1. The molecule has 0 spiro atoms. The summed E-state index contributed by atoms with van der Waals surface area (Å²) in [5.41, 5.74) is 0.568. The van der Waals surface area contributed by atoms with Crippen LogP contribution in [0.4, 0.5) is 0 Å². The predicted molar refractivity (Wildman–Crippen MR) is 70.0 cm³/mol. The highest BCUT2D eigenvalue weighted by atomic mass is 79.9. The molecule has 1 unspecified atom stereocenters. The maximum atomic E-state index is 11.6. The number of nitrogens with zero attached hydrogens (tertiary/aromatic N) is 1. The molecule has 1 atom stereocenters. The fraction of sp³-hybridized carbons (Fsp3) is 0.417. The van der Waals surface area contributed by atoms with Crippen molar-refractivity contribution in [1.82, 2.24) is 5.06 Å². The average Bonchev–Trinajstić information content (AvgIpc) is 2.37. The number of ether oxygens (including phenoxy) is 1. The topological polar surface area (TPSA) is 59.0 Å². The van der Waals surface area contributed by atoms with Gasteiger partial charge in [-0.25, -0.2) is 5.06 Å². The Labute approximate surface area is 114 Å². The zero-order chi connectivity index (χ0) is 13.7. The van der Waals surface area contributed by atoms with Crippen LogP contribution in [0.5, 0.6) is 5.75 Å². The van der Waals surface area contributed by atoms with Gasteiger partial charge in [-0.3, -0.25) is 9.63 Å². The largest absolute Gasteiger partial charge is 0.496 e. The van der Waals surface area contributed by atoms with E-state index in [-0.39, 0.29) is 12.3 Å².